The Morgan fingerprint density at radius 3 is 2.71 bits per heavy atom. The number of carbonyl (C=O) groups is 2. The van der Waals surface area contributed by atoms with E-state index in [0.717, 1.165) is 6.07 Å². The van der Waals surface area contributed by atoms with Gasteiger partial charge in [-0.15, -0.1) is 0 Å². The summed E-state index contributed by atoms with van der Waals surface area (Å²) < 4.78 is 4.77. The predicted octanol–water partition coefficient (Wildman–Crippen LogP) is 2.05. The number of nitrogens with one attached hydrogen (secondary N) is 1. The van der Waals surface area contributed by atoms with Crippen LogP contribution in [-0.4, -0.2) is 28.9 Å². The van der Waals surface area contributed by atoms with Crippen molar-refractivity contribution in [2.24, 2.45) is 0 Å². The van der Waals surface area contributed by atoms with Crippen molar-refractivity contribution in [1.82, 2.24) is 0 Å². The second-order valence-corrected chi connectivity index (χ2v) is 3.30. The third-order valence-electron chi connectivity index (χ3n) is 1.91. The first-order valence-electron chi connectivity index (χ1n) is 5.04. The van der Waals surface area contributed by atoms with Gasteiger partial charge in [0.2, 0.25) is 0 Å². The van der Waals surface area contributed by atoms with Gasteiger partial charge < -0.3 is 14.9 Å². The standard InChI is InChI=1S/C11H13NO5/c1-2-5-17-11(16)12-7-3-4-9(13)8(6-7)10(14)15/h3-4,6,13H,2,5H2,1H3,(H,12,16)(H,14,15). The Bertz CT molecular complexity index is 430. The number of amides is 1. The minimum absolute atomic E-state index is 0.251. The summed E-state index contributed by atoms with van der Waals surface area (Å²) in [5.74, 6) is -1.63. The minimum Gasteiger partial charge on any atom is -0.507 e. The number of hydrogen-bond acceptors (Lipinski definition) is 4. The van der Waals surface area contributed by atoms with Crippen LogP contribution in [0.3, 0.4) is 0 Å². The largest absolute Gasteiger partial charge is 0.507 e. The zero-order valence-electron chi connectivity index (χ0n) is 9.27. The van der Waals surface area contributed by atoms with Crippen molar-refractivity contribution in [2.75, 3.05) is 11.9 Å². The first-order valence-corrected chi connectivity index (χ1v) is 5.04. The maximum Gasteiger partial charge on any atom is 0.411 e. The first kappa shape index (κ1) is 12.8. The molecule has 3 N–H and O–H groups in total. The number of ether oxygens (including phenoxy) is 1. The average Bonchev–Trinajstić information content (AvgIpc) is 2.28. The van der Waals surface area contributed by atoms with Crippen molar-refractivity contribution in [3.63, 3.8) is 0 Å². The summed E-state index contributed by atoms with van der Waals surface area (Å²) >= 11 is 0. The molecule has 0 aliphatic heterocycles. The number of aromatic hydroxyl groups is 1. The van der Waals surface area contributed by atoms with Crippen LogP contribution < -0.4 is 5.32 Å². The molecule has 0 aliphatic rings. The van der Waals surface area contributed by atoms with Gasteiger partial charge in [0.15, 0.2) is 0 Å². The summed E-state index contributed by atoms with van der Waals surface area (Å²) in [6.07, 6.45) is 0.0393. The van der Waals surface area contributed by atoms with Crippen molar-refractivity contribution in [1.29, 1.82) is 0 Å². The zero-order valence-corrected chi connectivity index (χ0v) is 9.27. The van der Waals surface area contributed by atoms with Crippen LogP contribution in [0, 0.1) is 0 Å². The van der Waals surface area contributed by atoms with Crippen LogP contribution in [0.1, 0.15) is 23.7 Å². The summed E-state index contributed by atoms with van der Waals surface area (Å²) in [5, 5.41) is 20.4. The van der Waals surface area contributed by atoms with Crippen molar-refractivity contribution in [3.05, 3.63) is 23.8 Å². The van der Waals surface area contributed by atoms with Crippen LogP contribution >= 0.6 is 0 Å². The maximum absolute atomic E-state index is 11.2. The van der Waals surface area contributed by atoms with Gasteiger partial charge in [-0.3, -0.25) is 5.32 Å². The number of carboxylic acids is 1. The molecular formula is C11H13NO5. The molecule has 0 fully saturated rings. The van der Waals surface area contributed by atoms with Crippen molar-refractivity contribution in [2.45, 2.75) is 13.3 Å². The number of hydrogen-bond donors (Lipinski definition) is 3. The van der Waals surface area contributed by atoms with E-state index in [1.165, 1.54) is 12.1 Å². The third kappa shape index (κ3) is 3.67. The fourth-order valence-corrected chi connectivity index (χ4v) is 1.13. The van der Waals surface area contributed by atoms with E-state index in [-0.39, 0.29) is 23.6 Å². The van der Waals surface area contributed by atoms with E-state index in [4.69, 9.17) is 9.84 Å². The predicted molar refractivity (Wildman–Crippen MR) is 60.3 cm³/mol. The lowest BCUT2D eigenvalue weighted by Crippen LogP contribution is -2.14. The molecule has 0 unspecified atom stereocenters. The molecule has 1 rings (SSSR count). The Morgan fingerprint density at radius 2 is 2.12 bits per heavy atom. The van der Waals surface area contributed by atoms with Crippen LogP contribution in [0.25, 0.3) is 0 Å². The second-order valence-electron chi connectivity index (χ2n) is 3.30. The fourth-order valence-electron chi connectivity index (χ4n) is 1.13. The quantitative estimate of drug-likeness (QED) is 0.699. The summed E-state index contributed by atoms with van der Waals surface area (Å²) in [4.78, 5) is 21.9. The third-order valence-corrected chi connectivity index (χ3v) is 1.91. The lowest BCUT2D eigenvalue weighted by Gasteiger charge is -2.07. The summed E-state index contributed by atoms with van der Waals surface area (Å²) in [7, 11) is 0. The molecule has 6 heteroatoms. The van der Waals surface area contributed by atoms with Gasteiger partial charge in [0, 0.05) is 5.69 Å². The van der Waals surface area contributed by atoms with E-state index in [9.17, 15) is 14.7 Å². The van der Waals surface area contributed by atoms with Crippen LogP contribution in [0.15, 0.2) is 18.2 Å². The molecule has 0 aromatic heterocycles. The molecule has 0 saturated carbocycles. The first-order chi connectivity index (χ1) is 8.04. The zero-order chi connectivity index (χ0) is 12.8. The van der Waals surface area contributed by atoms with Crippen LogP contribution in [-0.2, 0) is 4.74 Å². The fraction of sp³-hybridized carbons (Fsp3) is 0.273. The van der Waals surface area contributed by atoms with Crippen molar-refractivity contribution in [3.8, 4) is 5.75 Å². The lowest BCUT2D eigenvalue weighted by molar-refractivity contribution is 0.0693. The Kier molecular flexibility index (Phi) is 4.33. The van der Waals surface area contributed by atoms with E-state index < -0.39 is 12.1 Å². The molecular weight excluding hydrogens is 226 g/mol. The molecule has 1 aromatic rings. The Balaban J connectivity index is 2.75. The molecule has 0 heterocycles. The molecule has 1 aromatic carbocycles. The van der Waals surface area contributed by atoms with Crippen LogP contribution in [0.5, 0.6) is 5.75 Å². The highest BCUT2D eigenvalue weighted by Gasteiger charge is 2.11. The molecule has 0 saturated heterocycles. The summed E-state index contributed by atoms with van der Waals surface area (Å²) in [6, 6.07) is 3.73. The Morgan fingerprint density at radius 1 is 1.41 bits per heavy atom. The van der Waals surface area contributed by atoms with Gasteiger partial charge in [0.1, 0.15) is 11.3 Å². The lowest BCUT2D eigenvalue weighted by atomic mass is 10.2. The number of phenols is 1. The normalized spacial score (nSPS) is 9.71. The van der Waals surface area contributed by atoms with Crippen LogP contribution in [0.2, 0.25) is 0 Å². The van der Waals surface area contributed by atoms with Gasteiger partial charge in [-0.2, -0.15) is 0 Å². The number of carbonyl (C=O) groups excluding carboxylic acids is 1. The smallest absolute Gasteiger partial charge is 0.411 e. The van der Waals surface area contributed by atoms with Gasteiger partial charge in [0.05, 0.1) is 6.61 Å². The van der Waals surface area contributed by atoms with Gasteiger partial charge in [-0.05, 0) is 24.6 Å². The van der Waals surface area contributed by atoms with E-state index >= 15 is 0 Å². The van der Waals surface area contributed by atoms with Gasteiger partial charge in [-0.1, -0.05) is 6.92 Å². The molecule has 6 nitrogen and oxygen atoms in total. The number of anilines is 1. The molecule has 0 aliphatic carbocycles. The molecule has 17 heavy (non-hydrogen) atoms. The van der Waals surface area contributed by atoms with E-state index in [1.54, 1.807) is 0 Å². The monoisotopic (exact) mass is 239 g/mol. The number of carboxylic acid groups (broad SMARTS) is 1. The van der Waals surface area contributed by atoms with Gasteiger partial charge in [-0.25, -0.2) is 9.59 Å². The number of rotatable bonds is 4. The number of benzene rings is 1. The average molecular weight is 239 g/mol. The SMILES string of the molecule is CCCOC(=O)Nc1ccc(O)c(C(=O)O)c1. The van der Waals surface area contributed by atoms with Crippen LogP contribution in [0.4, 0.5) is 10.5 Å². The highest BCUT2D eigenvalue weighted by atomic mass is 16.5. The maximum atomic E-state index is 11.2. The van der Waals surface area contributed by atoms with Crippen molar-refractivity contribution < 1.29 is 24.5 Å². The van der Waals surface area contributed by atoms with Gasteiger partial charge >= 0.3 is 12.1 Å². The van der Waals surface area contributed by atoms with Gasteiger partial charge in [0.25, 0.3) is 0 Å². The molecule has 0 radical (unpaired) electrons. The summed E-state index contributed by atoms with van der Waals surface area (Å²) in [6.45, 7) is 2.14. The molecule has 1 amide bonds. The second kappa shape index (κ2) is 5.74. The van der Waals surface area contributed by atoms with E-state index in [0.29, 0.717) is 6.42 Å². The summed E-state index contributed by atoms with van der Waals surface area (Å²) in [5.41, 5.74) is -0.0282. The molecule has 0 bridgehead atoms. The Hall–Kier alpha value is -2.24. The van der Waals surface area contributed by atoms with E-state index in [1.807, 2.05) is 6.92 Å². The Labute approximate surface area is 97.8 Å². The molecule has 92 valence electrons. The highest BCUT2D eigenvalue weighted by Crippen LogP contribution is 2.21. The minimum atomic E-state index is -1.27. The highest BCUT2D eigenvalue weighted by molar-refractivity contribution is 5.93. The topological polar surface area (TPSA) is 95.9 Å². The van der Waals surface area contributed by atoms with Crippen molar-refractivity contribution >= 4 is 17.7 Å². The molecule has 0 spiro atoms. The van der Waals surface area contributed by atoms with E-state index in [2.05, 4.69) is 5.32 Å². The number of aromatic carboxylic acids is 1. The molecule has 0 atom stereocenters.